The van der Waals surface area contributed by atoms with Crippen molar-refractivity contribution in [3.05, 3.63) is 176 Å². The van der Waals surface area contributed by atoms with Gasteiger partial charge in [-0.15, -0.1) is 22.7 Å². The monoisotopic (exact) mass is 663 g/mol. The third-order valence-electron chi connectivity index (χ3n) is 8.76. The van der Waals surface area contributed by atoms with Crippen LogP contribution < -0.4 is 4.90 Å². The number of hydrogen-bond acceptors (Lipinski definition) is 5. The van der Waals surface area contributed by atoms with Crippen LogP contribution in [0.25, 0.3) is 63.8 Å². The molecule has 2 heterocycles. The van der Waals surface area contributed by atoms with Crippen molar-refractivity contribution in [2.24, 2.45) is 0 Å². The smallest absolute Gasteiger partial charge is 0.124 e. The average molecular weight is 664 g/mol. The van der Waals surface area contributed by atoms with Crippen molar-refractivity contribution in [1.29, 1.82) is 0 Å². The lowest BCUT2D eigenvalue weighted by molar-refractivity contribution is 1.28. The van der Waals surface area contributed by atoms with Crippen LogP contribution in [-0.4, -0.2) is 9.97 Å². The lowest BCUT2D eigenvalue weighted by Gasteiger charge is -2.27. The Morgan fingerprint density at radius 3 is 1.27 bits per heavy atom. The maximum Gasteiger partial charge on any atom is 0.124 e. The zero-order valence-corrected chi connectivity index (χ0v) is 28.0. The van der Waals surface area contributed by atoms with E-state index in [4.69, 9.17) is 9.97 Å². The second kappa shape index (κ2) is 12.6. The zero-order valence-electron chi connectivity index (χ0n) is 26.4. The molecule has 0 amide bonds. The van der Waals surface area contributed by atoms with Gasteiger partial charge in [0.15, 0.2) is 0 Å². The number of para-hydroxylation sites is 2. The molecular formula is C44H29N3S2. The van der Waals surface area contributed by atoms with Gasteiger partial charge in [0.1, 0.15) is 10.0 Å². The van der Waals surface area contributed by atoms with Crippen LogP contribution in [0.3, 0.4) is 0 Å². The molecule has 0 spiro atoms. The van der Waals surface area contributed by atoms with E-state index in [9.17, 15) is 0 Å². The summed E-state index contributed by atoms with van der Waals surface area (Å²) in [5.74, 6) is 0. The normalized spacial score (nSPS) is 11.3. The van der Waals surface area contributed by atoms with Gasteiger partial charge >= 0.3 is 0 Å². The summed E-state index contributed by atoms with van der Waals surface area (Å²) in [5, 5.41) is 2.05. The van der Waals surface area contributed by atoms with Crippen LogP contribution in [0.2, 0.25) is 0 Å². The van der Waals surface area contributed by atoms with Crippen LogP contribution in [0.5, 0.6) is 0 Å². The van der Waals surface area contributed by atoms with Gasteiger partial charge in [0.05, 0.1) is 20.4 Å². The molecule has 0 fully saturated rings. The van der Waals surface area contributed by atoms with Gasteiger partial charge in [-0.3, -0.25) is 0 Å². The van der Waals surface area contributed by atoms with Crippen LogP contribution in [0.1, 0.15) is 0 Å². The highest BCUT2D eigenvalue weighted by Gasteiger charge is 2.18. The maximum absolute atomic E-state index is 4.91. The molecule has 7 aromatic carbocycles. The minimum atomic E-state index is 1.03. The first-order valence-electron chi connectivity index (χ1n) is 16.2. The lowest BCUT2D eigenvalue weighted by Crippen LogP contribution is -2.10. The van der Waals surface area contributed by atoms with Gasteiger partial charge in [-0.1, -0.05) is 91.0 Å². The molecule has 0 saturated heterocycles. The number of fused-ring (bicyclic) bond motifs is 2. The van der Waals surface area contributed by atoms with Gasteiger partial charge in [-0.25, -0.2) is 9.97 Å². The Balaban J connectivity index is 1.16. The molecule has 232 valence electrons. The van der Waals surface area contributed by atoms with Crippen LogP contribution >= 0.6 is 22.7 Å². The zero-order chi connectivity index (χ0) is 32.6. The van der Waals surface area contributed by atoms with Crippen molar-refractivity contribution in [1.82, 2.24) is 9.97 Å². The quantitative estimate of drug-likeness (QED) is 0.170. The lowest BCUT2D eigenvalue weighted by atomic mass is 9.93. The third-order valence-corrected chi connectivity index (χ3v) is 10.9. The van der Waals surface area contributed by atoms with E-state index in [1.807, 2.05) is 12.1 Å². The first-order chi connectivity index (χ1) is 24.3. The van der Waals surface area contributed by atoms with Crippen molar-refractivity contribution in [2.45, 2.75) is 0 Å². The summed E-state index contributed by atoms with van der Waals surface area (Å²) in [4.78, 5) is 12.2. The highest BCUT2D eigenvalue weighted by atomic mass is 32.1. The second-order valence-corrected chi connectivity index (χ2v) is 13.9. The van der Waals surface area contributed by atoms with Crippen molar-refractivity contribution in [3.63, 3.8) is 0 Å². The predicted molar refractivity (Wildman–Crippen MR) is 209 cm³/mol. The van der Waals surface area contributed by atoms with Gasteiger partial charge < -0.3 is 4.90 Å². The highest BCUT2D eigenvalue weighted by Crippen LogP contribution is 2.42. The molecule has 0 saturated carbocycles. The summed E-state index contributed by atoms with van der Waals surface area (Å²) in [5.41, 5.74) is 12.3. The first-order valence-corrected chi connectivity index (χ1v) is 17.9. The Hall–Kier alpha value is -5.88. The van der Waals surface area contributed by atoms with Gasteiger partial charge in [-0.2, -0.15) is 0 Å². The molecule has 0 unspecified atom stereocenters. The molecule has 3 nitrogen and oxygen atoms in total. The molecule has 0 bridgehead atoms. The van der Waals surface area contributed by atoms with E-state index in [0.29, 0.717) is 0 Å². The number of nitrogens with zero attached hydrogens (tertiary/aromatic N) is 3. The number of aromatic nitrogens is 2. The Morgan fingerprint density at radius 2 is 0.776 bits per heavy atom. The third kappa shape index (κ3) is 5.69. The number of thiazole rings is 2. The molecular weight excluding hydrogens is 635 g/mol. The summed E-state index contributed by atoms with van der Waals surface area (Å²) >= 11 is 3.46. The van der Waals surface area contributed by atoms with Gasteiger partial charge in [0.2, 0.25) is 0 Å². The Labute approximate surface area is 293 Å². The molecule has 0 radical (unpaired) electrons. The Morgan fingerprint density at radius 1 is 0.347 bits per heavy atom. The van der Waals surface area contributed by atoms with Crippen molar-refractivity contribution < 1.29 is 0 Å². The van der Waals surface area contributed by atoms with Crippen LogP contribution in [0.4, 0.5) is 17.1 Å². The summed E-state index contributed by atoms with van der Waals surface area (Å²) in [7, 11) is 0. The largest absolute Gasteiger partial charge is 0.310 e. The molecule has 9 rings (SSSR count). The van der Waals surface area contributed by atoms with Crippen molar-refractivity contribution >= 4 is 60.2 Å². The van der Waals surface area contributed by atoms with Crippen molar-refractivity contribution in [2.75, 3.05) is 4.90 Å². The number of hydrogen-bond donors (Lipinski definition) is 0. The van der Waals surface area contributed by atoms with E-state index in [0.717, 1.165) is 49.2 Å². The van der Waals surface area contributed by atoms with E-state index < -0.39 is 0 Å². The Kier molecular flexibility index (Phi) is 7.54. The highest BCUT2D eigenvalue weighted by molar-refractivity contribution is 7.22. The van der Waals surface area contributed by atoms with E-state index in [1.165, 1.54) is 31.7 Å². The van der Waals surface area contributed by atoms with Crippen molar-refractivity contribution in [3.8, 4) is 43.4 Å². The van der Waals surface area contributed by atoms with Gasteiger partial charge in [0, 0.05) is 28.2 Å². The van der Waals surface area contributed by atoms with Gasteiger partial charge in [0.25, 0.3) is 0 Å². The maximum atomic E-state index is 4.91. The van der Waals surface area contributed by atoms with E-state index in [-0.39, 0.29) is 0 Å². The molecule has 0 atom stereocenters. The molecule has 49 heavy (non-hydrogen) atoms. The van der Waals surface area contributed by atoms with Crippen LogP contribution in [0.15, 0.2) is 176 Å². The fourth-order valence-corrected chi connectivity index (χ4v) is 8.28. The average Bonchev–Trinajstić information content (AvgIpc) is 3.81. The molecule has 0 aliphatic rings. The number of anilines is 3. The Bertz CT molecular complexity index is 2350. The number of rotatable bonds is 7. The van der Waals surface area contributed by atoms with E-state index >= 15 is 0 Å². The molecule has 0 aliphatic carbocycles. The predicted octanol–water partition coefficient (Wildman–Crippen LogP) is 13.0. The van der Waals surface area contributed by atoms with E-state index in [1.54, 1.807) is 22.7 Å². The van der Waals surface area contributed by atoms with Crippen LogP contribution in [-0.2, 0) is 0 Å². The van der Waals surface area contributed by atoms with Crippen LogP contribution in [0, 0.1) is 0 Å². The molecule has 0 aliphatic heterocycles. The second-order valence-electron chi connectivity index (χ2n) is 11.9. The molecule has 5 heteroatoms. The standard InChI is InChI=1S/C44H29N3S2/c1-3-11-30(12-4-1)37-28-27-36(29-38(37)31-13-5-2-6-14-31)47(34-23-19-32(20-24-34)43-45-39-15-7-9-17-41(39)48-43)35-25-21-33(22-26-35)44-46-40-16-8-10-18-42(40)49-44/h1-29H. The first kappa shape index (κ1) is 29.3. The molecule has 2 aromatic heterocycles. The topological polar surface area (TPSA) is 29.0 Å². The number of benzene rings is 7. The minimum Gasteiger partial charge on any atom is -0.310 e. The van der Waals surface area contributed by atoms with E-state index in [2.05, 4.69) is 169 Å². The fraction of sp³-hybridized carbons (Fsp3) is 0. The summed E-state index contributed by atoms with van der Waals surface area (Å²) in [6.45, 7) is 0. The molecule has 0 N–H and O–H groups in total. The summed E-state index contributed by atoms with van der Waals surface area (Å²) in [6.07, 6.45) is 0. The van der Waals surface area contributed by atoms with Gasteiger partial charge in [-0.05, 0) is 107 Å². The fourth-order valence-electron chi connectivity index (χ4n) is 6.34. The summed E-state index contributed by atoms with van der Waals surface area (Å²) in [6, 6.07) is 62.3. The minimum absolute atomic E-state index is 1.03. The SMILES string of the molecule is c1ccc(-c2ccc(N(c3ccc(-c4nc5ccccc5s4)cc3)c3ccc(-c4nc5ccccc5s4)cc3)cc2-c2ccccc2)cc1. The molecule has 9 aromatic rings. The summed E-state index contributed by atoms with van der Waals surface area (Å²) < 4.78 is 2.40.